The van der Waals surface area contributed by atoms with E-state index in [1.165, 1.54) is 6.42 Å². The predicted octanol–water partition coefficient (Wildman–Crippen LogP) is 3.18. The zero-order valence-corrected chi connectivity index (χ0v) is 19.6. The maximum absolute atomic E-state index is 12.5. The average molecular weight is 492 g/mol. The van der Waals surface area contributed by atoms with Crippen molar-refractivity contribution in [3.8, 4) is 0 Å². The highest BCUT2D eigenvalue weighted by atomic mass is 35.5. The first-order valence-corrected chi connectivity index (χ1v) is 11.4. The number of rotatable bonds is 7. The van der Waals surface area contributed by atoms with Crippen LogP contribution in [-0.2, 0) is 17.8 Å². The molecule has 1 heterocycles. The van der Waals surface area contributed by atoms with Crippen LogP contribution in [0.5, 0.6) is 0 Å². The number of aliphatic carboxylic acids is 1. The Morgan fingerprint density at radius 2 is 1.76 bits per heavy atom. The minimum absolute atomic E-state index is 0.0439. The summed E-state index contributed by atoms with van der Waals surface area (Å²) in [6.45, 7) is 2.15. The van der Waals surface area contributed by atoms with Crippen molar-refractivity contribution in [1.82, 2.24) is 5.32 Å². The molecule has 2 aromatic carbocycles. The Morgan fingerprint density at radius 1 is 1.09 bits per heavy atom. The Hall–Kier alpha value is -2.81. The molecule has 0 radical (unpaired) electrons. The second-order valence-corrected chi connectivity index (χ2v) is 8.69. The van der Waals surface area contributed by atoms with E-state index in [4.69, 9.17) is 39.8 Å². The minimum atomic E-state index is -1.08. The molecule has 10 heteroatoms. The van der Waals surface area contributed by atoms with E-state index in [1.807, 2.05) is 6.07 Å². The van der Waals surface area contributed by atoms with Crippen LogP contribution in [0.25, 0.3) is 0 Å². The van der Waals surface area contributed by atoms with Gasteiger partial charge in [0.15, 0.2) is 5.96 Å². The summed E-state index contributed by atoms with van der Waals surface area (Å²) in [4.78, 5) is 29.5. The molecule has 1 saturated heterocycles. The summed E-state index contributed by atoms with van der Waals surface area (Å²) >= 11 is 12.7. The molecule has 3 rings (SSSR count). The Bertz CT molecular complexity index is 1040. The van der Waals surface area contributed by atoms with Gasteiger partial charge >= 0.3 is 5.97 Å². The molecule has 0 unspecified atom stereocenters. The highest BCUT2D eigenvalue weighted by molar-refractivity contribution is 6.42. The Labute approximate surface area is 202 Å². The number of carboxylic acid groups (broad SMARTS) is 1. The van der Waals surface area contributed by atoms with Gasteiger partial charge in [0, 0.05) is 36.4 Å². The SMILES string of the molecule is N/C(=N\C(=O)c1ccc(C[C@H](N)C(=O)O)cc1)NCc1c(N2CCCCC2)ccc(Cl)c1Cl. The van der Waals surface area contributed by atoms with E-state index >= 15 is 0 Å². The molecule has 1 amide bonds. The number of anilines is 1. The molecular formula is C23H27Cl2N5O3. The van der Waals surface area contributed by atoms with Gasteiger partial charge in [-0.25, -0.2) is 0 Å². The van der Waals surface area contributed by atoms with E-state index < -0.39 is 17.9 Å². The number of hydrogen-bond acceptors (Lipinski definition) is 4. The fourth-order valence-corrected chi connectivity index (χ4v) is 4.10. The van der Waals surface area contributed by atoms with Crippen molar-refractivity contribution in [2.45, 2.75) is 38.3 Å². The van der Waals surface area contributed by atoms with Crippen molar-refractivity contribution in [3.05, 3.63) is 63.1 Å². The third-order valence-electron chi connectivity index (χ3n) is 5.51. The number of halogens is 2. The van der Waals surface area contributed by atoms with Gasteiger partial charge in [0.05, 0.1) is 10.0 Å². The third kappa shape index (κ3) is 6.60. The highest BCUT2D eigenvalue weighted by Gasteiger charge is 2.18. The van der Waals surface area contributed by atoms with Gasteiger partial charge < -0.3 is 26.8 Å². The molecule has 8 nitrogen and oxygen atoms in total. The standard InChI is InChI=1S/C23H27Cl2N5O3/c24-17-8-9-19(30-10-2-1-3-11-30)16(20(17)25)13-28-23(27)29-21(31)15-6-4-14(5-7-15)12-18(26)22(32)33/h4-9,18H,1-3,10-13,26H2,(H,32,33)(H3,27,28,29,31)/t18-/m0/s1. The fraction of sp³-hybridized carbons (Fsp3) is 0.348. The number of carbonyl (C=O) groups is 2. The monoisotopic (exact) mass is 491 g/mol. The van der Waals surface area contributed by atoms with Gasteiger partial charge in [-0.1, -0.05) is 35.3 Å². The second kappa shape index (κ2) is 11.4. The molecule has 0 aliphatic carbocycles. The first-order chi connectivity index (χ1) is 15.8. The molecule has 33 heavy (non-hydrogen) atoms. The quantitative estimate of drug-likeness (QED) is 0.345. The third-order valence-corrected chi connectivity index (χ3v) is 6.35. The average Bonchev–Trinajstić information content (AvgIpc) is 2.80. The predicted molar refractivity (Wildman–Crippen MR) is 131 cm³/mol. The number of aliphatic imine (C=N–C) groups is 1. The molecule has 2 aromatic rings. The van der Waals surface area contributed by atoms with Gasteiger partial charge in [0.25, 0.3) is 5.91 Å². The summed E-state index contributed by atoms with van der Waals surface area (Å²) in [6.07, 6.45) is 3.61. The summed E-state index contributed by atoms with van der Waals surface area (Å²) in [7, 11) is 0. The van der Waals surface area contributed by atoms with Crippen molar-refractivity contribution in [2.75, 3.05) is 18.0 Å². The van der Waals surface area contributed by atoms with E-state index in [0.717, 1.165) is 37.2 Å². The van der Waals surface area contributed by atoms with Crippen LogP contribution >= 0.6 is 23.2 Å². The Kier molecular flexibility index (Phi) is 8.55. The number of nitrogens with one attached hydrogen (secondary N) is 1. The maximum Gasteiger partial charge on any atom is 0.320 e. The largest absolute Gasteiger partial charge is 0.480 e. The molecule has 6 N–H and O–H groups in total. The van der Waals surface area contributed by atoms with Crippen molar-refractivity contribution >= 4 is 46.7 Å². The van der Waals surface area contributed by atoms with Crippen molar-refractivity contribution in [3.63, 3.8) is 0 Å². The van der Waals surface area contributed by atoms with E-state index in [2.05, 4.69) is 15.2 Å². The van der Waals surface area contributed by atoms with Gasteiger partial charge in [-0.05, 0) is 55.5 Å². The number of carboxylic acids is 1. The van der Waals surface area contributed by atoms with Crippen LogP contribution < -0.4 is 21.7 Å². The molecule has 1 aliphatic rings. The minimum Gasteiger partial charge on any atom is -0.480 e. The number of nitrogens with zero attached hydrogens (tertiary/aromatic N) is 2. The molecule has 0 spiro atoms. The van der Waals surface area contributed by atoms with Crippen molar-refractivity contribution in [1.29, 1.82) is 0 Å². The first kappa shape index (κ1) is 24.8. The lowest BCUT2D eigenvalue weighted by molar-refractivity contribution is -0.138. The Balaban J connectivity index is 1.67. The lowest BCUT2D eigenvalue weighted by Gasteiger charge is -2.31. The molecule has 1 fully saturated rings. The van der Waals surface area contributed by atoms with Crippen LogP contribution in [0.15, 0.2) is 41.4 Å². The topological polar surface area (TPSA) is 134 Å². The van der Waals surface area contributed by atoms with Crippen LogP contribution in [0.1, 0.15) is 40.7 Å². The lowest BCUT2D eigenvalue weighted by Crippen LogP contribution is -2.34. The van der Waals surface area contributed by atoms with E-state index in [-0.39, 0.29) is 18.9 Å². The lowest BCUT2D eigenvalue weighted by atomic mass is 10.0. The zero-order valence-electron chi connectivity index (χ0n) is 18.1. The molecule has 176 valence electrons. The summed E-state index contributed by atoms with van der Waals surface area (Å²) in [6, 6.07) is 9.14. The van der Waals surface area contributed by atoms with Crippen molar-refractivity contribution < 1.29 is 14.7 Å². The van der Waals surface area contributed by atoms with Crippen LogP contribution in [0.4, 0.5) is 5.69 Å². The van der Waals surface area contributed by atoms with Crippen LogP contribution in [0.3, 0.4) is 0 Å². The van der Waals surface area contributed by atoms with Gasteiger partial charge in [-0.3, -0.25) is 9.59 Å². The van der Waals surface area contributed by atoms with E-state index in [1.54, 1.807) is 30.3 Å². The fourth-order valence-electron chi connectivity index (χ4n) is 3.70. The number of amides is 1. The number of guanidine groups is 1. The number of nitrogens with two attached hydrogens (primary N) is 2. The number of benzene rings is 2. The second-order valence-electron chi connectivity index (χ2n) is 7.91. The number of hydrogen-bond donors (Lipinski definition) is 4. The van der Waals surface area contributed by atoms with E-state index in [0.29, 0.717) is 21.2 Å². The Morgan fingerprint density at radius 3 is 2.39 bits per heavy atom. The molecular weight excluding hydrogens is 465 g/mol. The number of carbonyl (C=O) groups excluding carboxylic acids is 1. The van der Waals surface area contributed by atoms with Gasteiger partial charge in [-0.15, -0.1) is 0 Å². The first-order valence-electron chi connectivity index (χ1n) is 10.7. The molecule has 0 bridgehead atoms. The number of piperidine rings is 1. The smallest absolute Gasteiger partial charge is 0.320 e. The highest BCUT2D eigenvalue weighted by Crippen LogP contribution is 2.34. The molecule has 0 saturated carbocycles. The molecule has 0 aromatic heterocycles. The molecule has 1 aliphatic heterocycles. The summed E-state index contributed by atoms with van der Waals surface area (Å²) in [5.41, 5.74) is 14.3. The van der Waals surface area contributed by atoms with Gasteiger partial charge in [0.2, 0.25) is 0 Å². The zero-order chi connectivity index (χ0) is 24.0. The normalized spacial score (nSPS) is 15.2. The van der Waals surface area contributed by atoms with E-state index in [9.17, 15) is 9.59 Å². The maximum atomic E-state index is 12.5. The van der Waals surface area contributed by atoms with Crippen molar-refractivity contribution in [2.24, 2.45) is 16.5 Å². The summed E-state index contributed by atoms with van der Waals surface area (Å²) in [5.74, 6) is -1.65. The van der Waals surface area contributed by atoms with Gasteiger partial charge in [-0.2, -0.15) is 4.99 Å². The van der Waals surface area contributed by atoms with Crippen LogP contribution in [0, 0.1) is 0 Å². The van der Waals surface area contributed by atoms with Gasteiger partial charge in [0.1, 0.15) is 6.04 Å². The summed E-state index contributed by atoms with van der Waals surface area (Å²) in [5, 5.41) is 12.8. The summed E-state index contributed by atoms with van der Waals surface area (Å²) < 4.78 is 0. The molecule has 1 atom stereocenters. The van der Waals surface area contributed by atoms with Crippen LogP contribution in [0.2, 0.25) is 10.0 Å². The van der Waals surface area contributed by atoms with Crippen LogP contribution in [-0.4, -0.2) is 42.1 Å².